The summed E-state index contributed by atoms with van der Waals surface area (Å²) in [6, 6.07) is 0. The largest absolute Gasteiger partial charge is 0.469 e. The van der Waals surface area contributed by atoms with Crippen molar-refractivity contribution in [3.63, 3.8) is 0 Å². The second-order valence-corrected chi connectivity index (χ2v) is 6.00. The van der Waals surface area contributed by atoms with Gasteiger partial charge < -0.3 is 9.47 Å². The molecular weight excluding hydrogens is 232 g/mol. The first kappa shape index (κ1) is 15.0. The molecule has 0 aromatic heterocycles. The summed E-state index contributed by atoms with van der Waals surface area (Å²) in [6.07, 6.45) is 2.17. The summed E-state index contributed by atoms with van der Waals surface area (Å²) in [7, 11) is 1.39. The molecule has 4 heteroatoms. The minimum Gasteiger partial charge on any atom is -0.469 e. The average Bonchev–Trinajstić information content (AvgIpc) is 2.69. The Hall–Kier alpha value is -1.06. The van der Waals surface area contributed by atoms with Gasteiger partial charge in [-0.25, -0.2) is 0 Å². The second-order valence-electron chi connectivity index (χ2n) is 6.00. The topological polar surface area (TPSA) is 52.6 Å². The zero-order valence-electron chi connectivity index (χ0n) is 12.0. The van der Waals surface area contributed by atoms with E-state index in [2.05, 4.69) is 0 Å². The number of hydrogen-bond acceptors (Lipinski definition) is 4. The van der Waals surface area contributed by atoms with Crippen LogP contribution in [0.2, 0.25) is 0 Å². The van der Waals surface area contributed by atoms with Crippen molar-refractivity contribution >= 4 is 11.9 Å². The fraction of sp³-hybridized carbons (Fsp3) is 0.857. The molecule has 0 bridgehead atoms. The van der Waals surface area contributed by atoms with Crippen LogP contribution in [0.1, 0.15) is 47.0 Å². The molecule has 0 N–H and O–H groups in total. The van der Waals surface area contributed by atoms with Crippen molar-refractivity contribution in [3.05, 3.63) is 0 Å². The summed E-state index contributed by atoms with van der Waals surface area (Å²) >= 11 is 0. The third-order valence-electron chi connectivity index (χ3n) is 3.46. The molecule has 0 saturated heterocycles. The molecule has 1 aliphatic carbocycles. The molecule has 1 fully saturated rings. The van der Waals surface area contributed by atoms with Crippen molar-refractivity contribution in [1.82, 2.24) is 0 Å². The van der Waals surface area contributed by atoms with Crippen LogP contribution >= 0.6 is 0 Å². The zero-order valence-corrected chi connectivity index (χ0v) is 12.0. The van der Waals surface area contributed by atoms with E-state index in [1.807, 2.05) is 27.7 Å². The van der Waals surface area contributed by atoms with Gasteiger partial charge in [0.15, 0.2) is 0 Å². The van der Waals surface area contributed by atoms with Gasteiger partial charge in [0.1, 0.15) is 5.60 Å². The van der Waals surface area contributed by atoms with E-state index in [0.717, 1.165) is 12.8 Å². The molecule has 0 unspecified atom stereocenters. The van der Waals surface area contributed by atoms with Crippen LogP contribution in [-0.4, -0.2) is 24.6 Å². The molecule has 1 saturated carbocycles. The summed E-state index contributed by atoms with van der Waals surface area (Å²) in [6.45, 7) is 7.62. The monoisotopic (exact) mass is 256 g/mol. The number of esters is 2. The summed E-state index contributed by atoms with van der Waals surface area (Å²) < 4.78 is 10.2. The lowest BCUT2D eigenvalue weighted by atomic mass is 9.93. The molecule has 0 amide bonds. The maximum atomic E-state index is 12.1. The molecule has 104 valence electrons. The zero-order chi connectivity index (χ0) is 13.9. The number of ether oxygens (including phenoxy) is 2. The normalized spacial score (nSPS) is 27.9. The molecule has 0 aromatic carbocycles. The minimum absolute atomic E-state index is 0.155. The molecule has 4 nitrogen and oxygen atoms in total. The highest BCUT2D eigenvalue weighted by atomic mass is 16.6. The lowest BCUT2D eigenvalue weighted by Crippen LogP contribution is -2.30. The fourth-order valence-corrected chi connectivity index (χ4v) is 2.60. The maximum absolute atomic E-state index is 12.1. The van der Waals surface area contributed by atoms with E-state index < -0.39 is 5.60 Å². The molecule has 1 rings (SSSR count). The first-order valence-corrected chi connectivity index (χ1v) is 6.59. The van der Waals surface area contributed by atoms with E-state index >= 15 is 0 Å². The van der Waals surface area contributed by atoms with E-state index in [1.54, 1.807) is 0 Å². The first-order chi connectivity index (χ1) is 8.28. The lowest BCUT2D eigenvalue weighted by Gasteiger charge is -2.24. The molecule has 0 aliphatic heterocycles. The predicted octanol–water partition coefficient (Wildman–Crippen LogP) is 2.55. The Morgan fingerprint density at radius 1 is 1.17 bits per heavy atom. The average molecular weight is 256 g/mol. The van der Waals surface area contributed by atoms with E-state index in [4.69, 9.17) is 9.47 Å². The third-order valence-corrected chi connectivity index (χ3v) is 3.46. The van der Waals surface area contributed by atoms with Gasteiger partial charge in [-0.2, -0.15) is 0 Å². The van der Waals surface area contributed by atoms with Crippen molar-refractivity contribution in [2.24, 2.45) is 17.8 Å². The Morgan fingerprint density at radius 3 is 2.22 bits per heavy atom. The van der Waals surface area contributed by atoms with E-state index in [1.165, 1.54) is 7.11 Å². The molecule has 1 aliphatic rings. The highest BCUT2D eigenvalue weighted by molar-refractivity contribution is 5.78. The number of carbonyl (C=O) groups is 2. The van der Waals surface area contributed by atoms with Crippen molar-refractivity contribution < 1.29 is 19.1 Å². The van der Waals surface area contributed by atoms with Gasteiger partial charge >= 0.3 is 11.9 Å². The van der Waals surface area contributed by atoms with Crippen LogP contribution in [-0.2, 0) is 19.1 Å². The SMILES string of the molecule is CC[C@H]1C[C@@H](C(=O)OC)C[C@H]1C(=O)OC(C)(C)C. The van der Waals surface area contributed by atoms with Crippen LogP contribution in [0.25, 0.3) is 0 Å². The second kappa shape index (κ2) is 5.72. The van der Waals surface area contributed by atoms with Gasteiger partial charge in [-0.15, -0.1) is 0 Å². The van der Waals surface area contributed by atoms with Gasteiger partial charge in [-0.3, -0.25) is 9.59 Å². The summed E-state index contributed by atoms with van der Waals surface area (Å²) in [4.78, 5) is 23.7. The number of methoxy groups -OCH3 is 1. The Balaban J connectivity index is 2.70. The predicted molar refractivity (Wildman–Crippen MR) is 67.9 cm³/mol. The molecule has 18 heavy (non-hydrogen) atoms. The van der Waals surface area contributed by atoms with Crippen molar-refractivity contribution in [2.45, 2.75) is 52.6 Å². The lowest BCUT2D eigenvalue weighted by molar-refractivity contribution is -0.161. The Morgan fingerprint density at radius 2 is 1.78 bits per heavy atom. The minimum atomic E-state index is -0.473. The Kier molecular flexibility index (Phi) is 4.77. The van der Waals surface area contributed by atoms with Gasteiger partial charge in [0.05, 0.1) is 18.9 Å². The van der Waals surface area contributed by atoms with Gasteiger partial charge in [0.2, 0.25) is 0 Å². The summed E-state index contributed by atoms with van der Waals surface area (Å²) in [5.41, 5.74) is -0.473. The van der Waals surface area contributed by atoms with E-state index in [0.29, 0.717) is 6.42 Å². The van der Waals surface area contributed by atoms with E-state index in [-0.39, 0.29) is 29.7 Å². The van der Waals surface area contributed by atoms with Crippen LogP contribution in [0.4, 0.5) is 0 Å². The summed E-state index contributed by atoms with van der Waals surface area (Å²) in [5.74, 6) is -0.486. The van der Waals surface area contributed by atoms with Gasteiger partial charge in [-0.1, -0.05) is 13.3 Å². The van der Waals surface area contributed by atoms with E-state index in [9.17, 15) is 9.59 Å². The Labute approximate surface area is 109 Å². The molecule has 0 aromatic rings. The molecule has 0 spiro atoms. The third kappa shape index (κ3) is 3.72. The van der Waals surface area contributed by atoms with Crippen LogP contribution < -0.4 is 0 Å². The van der Waals surface area contributed by atoms with Crippen LogP contribution in [0, 0.1) is 17.8 Å². The molecule has 0 heterocycles. The van der Waals surface area contributed by atoms with Crippen LogP contribution in [0.3, 0.4) is 0 Å². The van der Waals surface area contributed by atoms with Crippen molar-refractivity contribution in [2.75, 3.05) is 7.11 Å². The number of rotatable bonds is 3. The maximum Gasteiger partial charge on any atom is 0.309 e. The van der Waals surface area contributed by atoms with Crippen molar-refractivity contribution in [1.29, 1.82) is 0 Å². The van der Waals surface area contributed by atoms with Gasteiger partial charge in [-0.05, 0) is 39.5 Å². The quantitative estimate of drug-likeness (QED) is 0.728. The fourth-order valence-electron chi connectivity index (χ4n) is 2.60. The van der Waals surface area contributed by atoms with Crippen LogP contribution in [0.15, 0.2) is 0 Å². The number of carbonyl (C=O) groups excluding carboxylic acids is 2. The molecule has 0 radical (unpaired) electrons. The smallest absolute Gasteiger partial charge is 0.309 e. The first-order valence-electron chi connectivity index (χ1n) is 6.59. The summed E-state index contributed by atoms with van der Waals surface area (Å²) in [5, 5.41) is 0. The number of hydrogen-bond donors (Lipinski definition) is 0. The highest BCUT2D eigenvalue weighted by Gasteiger charge is 2.42. The van der Waals surface area contributed by atoms with Crippen molar-refractivity contribution in [3.8, 4) is 0 Å². The standard InChI is InChI=1S/C14H24O4/c1-6-9-7-10(12(15)17-5)8-11(9)13(16)18-14(2,3)4/h9-11H,6-8H2,1-5H3/t9-,10+,11+/m0/s1. The molecular formula is C14H24O4. The Bertz CT molecular complexity index is 316. The molecule has 3 atom stereocenters. The highest BCUT2D eigenvalue weighted by Crippen LogP contribution is 2.40. The van der Waals surface area contributed by atoms with Gasteiger partial charge in [0, 0.05) is 0 Å². The van der Waals surface area contributed by atoms with Gasteiger partial charge in [0.25, 0.3) is 0 Å². The van der Waals surface area contributed by atoms with Crippen LogP contribution in [0.5, 0.6) is 0 Å².